The summed E-state index contributed by atoms with van der Waals surface area (Å²) in [5.41, 5.74) is 2.48. The molecule has 0 aliphatic heterocycles. The number of aryl methyl sites for hydroxylation is 1. The number of nitrogens with zero attached hydrogens (tertiary/aromatic N) is 2. The minimum absolute atomic E-state index is 0.0203. The summed E-state index contributed by atoms with van der Waals surface area (Å²) >= 11 is 6.09. The van der Waals surface area contributed by atoms with Crippen molar-refractivity contribution in [3.8, 4) is 23.0 Å². The lowest BCUT2D eigenvalue weighted by Gasteiger charge is -2.16. The van der Waals surface area contributed by atoms with Gasteiger partial charge < -0.3 is 30.0 Å². The molecule has 5 aromatic rings. The lowest BCUT2D eigenvalue weighted by Crippen LogP contribution is -2.13. The van der Waals surface area contributed by atoms with E-state index in [0.29, 0.717) is 63.2 Å². The summed E-state index contributed by atoms with van der Waals surface area (Å²) in [6.07, 6.45) is 0. The summed E-state index contributed by atoms with van der Waals surface area (Å²) in [7, 11) is 1.54. The molecule has 0 aliphatic carbocycles. The second kappa shape index (κ2) is 14.7. The second-order valence-electron chi connectivity index (χ2n) is 10.3. The van der Waals surface area contributed by atoms with Gasteiger partial charge in [-0.15, -0.1) is 10.2 Å². The van der Waals surface area contributed by atoms with Gasteiger partial charge in [0, 0.05) is 33.8 Å². The zero-order valence-corrected chi connectivity index (χ0v) is 27.0. The summed E-state index contributed by atoms with van der Waals surface area (Å²) in [4.78, 5) is 26.5. The first-order valence-corrected chi connectivity index (χ1v) is 15.2. The van der Waals surface area contributed by atoms with Crippen molar-refractivity contribution in [3.63, 3.8) is 0 Å². The topological polar surface area (TPSA) is 131 Å². The molecule has 0 spiro atoms. The van der Waals surface area contributed by atoms with Gasteiger partial charge in [0.2, 0.25) is 0 Å². The first-order valence-electron chi connectivity index (χ1n) is 14.8. The van der Waals surface area contributed by atoms with Crippen LogP contribution in [0.5, 0.6) is 23.0 Å². The minimum Gasteiger partial charge on any atom is -0.505 e. The fraction of sp³-hybridized carbons (Fsp3) is 0.167. The van der Waals surface area contributed by atoms with Crippen LogP contribution in [-0.4, -0.2) is 37.2 Å². The number of ether oxygens (including phenoxy) is 3. The Kier molecular flexibility index (Phi) is 10.2. The maximum Gasteiger partial charge on any atom is 0.259 e. The van der Waals surface area contributed by atoms with Crippen LogP contribution in [0.15, 0.2) is 95.2 Å². The molecule has 2 amide bonds. The molecule has 0 bridgehead atoms. The van der Waals surface area contributed by atoms with E-state index >= 15 is 0 Å². The predicted molar refractivity (Wildman–Crippen MR) is 184 cm³/mol. The van der Waals surface area contributed by atoms with Crippen LogP contribution >= 0.6 is 11.6 Å². The van der Waals surface area contributed by atoms with E-state index in [1.165, 1.54) is 7.11 Å². The number of amides is 2. The van der Waals surface area contributed by atoms with Gasteiger partial charge in [-0.05, 0) is 86.3 Å². The highest BCUT2D eigenvalue weighted by Gasteiger charge is 2.21. The van der Waals surface area contributed by atoms with Crippen LogP contribution in [0.1, 0.15) is 40.1 Å². The van der Waals surface area contributed by atoms with Crippen LogP contribution in [0.4, 0.5) is 22.7 Å². The average molecular weight is 653 g/mol. The number of hydrogen-bond donors (Lipinski definition) is 3. The Balaban J connectivity index is 1.58. The number of benzene rings is 5. The Hall–Kier alpha value is -5.61. The van der Waals surface area contributed by atoms with Gasteiger partial charge in [0.25, 0.3) is 11.8 Å². The molecule has 11 heteroatoms. The number of azo groups is 1. The molecular weight excluding hydrogens is 620 g/mol. The lowest BCUT2D eigenvalue weighted by molar-refractivity contribution is 0.101. The van der Waals surface area contributed by atoms with Gasteiger partial charge in [0.15, 0.2) is 5.75 Å². The average Bonchev–Trinajstić information content (AvgIpc) is 3.07. The molecule has 240 valence electrons. The van der Waals surface area contributed by atoms with Gasteiger partial charge in [0.05, 0.1) is 31.6 Å². The van der Waals surface area contributed by atoms with Crippen LogP contribution in [0, 0.1) is 6.92 Å². The molecule has 0 saturated heterocycles. The Morgan fingerprint density at radius 3 is 2.23 bits per heavy atom. The number of nitrogens with one attached hydrogen (secondary N) is 2. The number of carbonyl (C=O) groups excluding carboxylic acids is 2. The molecule has 47 heavy (non-hydrogen) atoms. The third kappa shape index (κ3) is 7.45. The number of hydrogen-bond acceptors (Lipinski definition) is 8. The molecule has 0 heterocycles. The van der Waals surface area contributed by atoms with Crippen LogP contribution in [0.2, 0.25) is 5.02 Å². The van der Waals surface area contributed by atoms with Crippen molar-refractivity contribution in [1.82, 2.24) is 0 Å². The monoisotopic (exact) mass is 652 g/mol. The number of fused-ring (bicyclic) bond motifs is 1. The van der Waals surface area contributed by atoms with E-state index < -0.39 is 5.91 Å². The van der Waals surface area contributed by atoms with Crippen molar-refractivity contribution in [3.05, 3.63) is 107 Å². The van der Waals surface area contributed by atoms with E-state index in [9.17, 15) is 14.7 Å². The minimum atomic E-state index is -0.554. The van der Waals surface area contributed by atoms with Crippen LogP contribution < -0.4 is 24.8 Å². The summed E-state index contributed by atoms with van der Waals surface area (Å²) in [5, 5.41) is 27.7. The molecule has 0 aromatic heterocycles. The zero-order valence-electron chi connectivity index (χ0n) is 26.3. The van der Waals surface area contributed by atoms with Crippen LogP contribution in [0.3, 0.4) is 0 Å². The standard InChI is InChI=1S/C36H33ClN4O6/c1-5-46-31-20-30(32(47-6-2)19-29(31)39-35(43)22-10-8-7-9-11-22)40-41-33-26-14-13-25(45-4)17-23(26)18-27(34(33)42)36(44)38-28-15-12-24(37)16-21(28)3/h7-20,42H,5-6H2,1-4H3,(H,38,44)(H,39,43). The number of carbonyl (C=O) groups is 2. The maximum absolute atomic E-state index is 13.5. The maximum atomic E-state index is 13.5. The number of aromatic hydroxyl groups is 1. The lowest BCUT2D eigenvalue weighted by atomic mass is 10.0. The number of phenols is 1. The highest BCUT2D eigenvalue weighted by Crippen LogP contribution is 2.43. The van der Waals surface area contributed by atoms with Gasteiger partial charge in [0.1, 0.15) is 28.6 Å². The van der Waals surface area contributed by atoms with Crippen LogP contribution in [0.25, 0.3) is 10.8 Å². The molecule has 5 aromatic carbocycles. The number of rotatable bonds is 11. The third-order valence-electron chi connectivity index (χ3n) is 7.18. The first kappa shape index (κ1) is 32.8. The number of halogens is 1. The molecule has 0 radical (unpaired) electrons. The van der Waals surface area contributed by atoms with Crippen molar-refractivity contribution in [2.24, 2.45) is 10.2 Å². The Morgan fingerprint density at radius 1 is 0.809 bits per heavy atom. The molecular formula is C36H33ClN4O6. The predicted octanol–water partition coefficient (Wildman–Crippen LogP) is 9.23. The normalized spacial score (nSPS) is 11.0. The Bertz CT molecular complexity index is 1980. The first-order chi connectivity index (χ1) is 22.7. The van der Waals surface area contributed by atoms with E-state index in [-0.39, 0.29) is 28.6 Å². The molecule has 0 unspecified atom stereocenters. The summed E-state index contributed by atoms with van der Waals surface area (Å²) in [5.74, 6) is -0.0233. The highest BCUT2D eigenvalue weighted by atomic mass is 35.5. The summed E-state index contributed by atoms with van der Waals surface area (Å²) in [6, 6.07) is 23.8. The van der Waals surface area contributed by atoms with Gasteiger partial charge in [-0.1, -0.05) is 29.8 Å². The SMILES string of the molecule is CCOc1cc(NC(=O)c2ccccc2)c(OCC)cc1N=Nc1c(O)c(C(=O)Nc2ccc(Cl)cc2C)cc2cc(OC)ccc12. The number of anilines is 2. The highest BCUT2D eigenvalue weighted by molar-refractivity contribution is 6.30. The second-order valence-corrected chi connectivity index (χ2v) is 10.8. The van der Waals surface area contributed by atoms with Gasteiger partial charge in [-0.25, -0.2) is 0 Å². The van der Waals surface area contributed by atoms with E-state index in [1.54, 1.807) is 78.9 Å². The van der Waals surface area contributed by atoms with Crippen molar-refractivity contribution in [1.29, 1.82) is 0 Å². The molecule has 0 fully saturated rings. The Labute approximate surface area is 277 Å². The fourth-order valence-corrected chi connectivity index (χ4v) is 5.10. The van der Waals surface area contributed by atoms with E-state index in [2.05, 4.69) is 20.9 Å². The fourth-order valence-electron chi connectivity index (χ4n) is 4.87. The Morgan fingerprint density at radius 2 is 1.53 bits per heavy atom. The van der Waals surface area contributed by atoms with Gasteiger partial charge in [-0.3, -0.25) is 9.59 Å². The summed E-state index contributed by atoms with van der Waals surface area (Å²) < 4.78 is 17.1. The number of phenolic OH excluding ortho intramolecular Hbond substituents is 1. The number of methoxy groups -OCH3 is 1. The van der Waals surface area contributed by atoms with E-state index in [4.69, 9.17) is 25.8 Å². The molecule has 0 aliphatic rings. The van der Waals surface area contributed by atoms with E-state index in [1.807, 2.05) is 26.8 Å². The molecule has 3 N–H and O–H groups in total. The van der Waals surface area contributed by atoms with Crippen molar-refractivity contribution < 1.29 is 28.9 Å². The molecule has 10 nitrogen and oxygen atoms in total. The summed E-state index contributed by atoms with van der Waals surface area (Å²) in [6.45, 7) is 6.07. The smallest absolute Gasteiger partial charge is 0.259 e. The molecule has 0 atom stereocenters. The van der Waals surface area contributed by atoms with E-state index in [0.717, 1.165) is 5.56 Å². The third-order valence-corrected chi connectivity index (χ3v) is 7.41. The largest absolute Gasteiger partial charge is 0.505 e. The molecule has 0 saturated carbocycles. The van der Waals surface area contributed by atoms with Crippen molar-refractivity contribution in [2.75, 3.05) is 31.0 Å². The van der Waals surface area contributed by atoms with Crippen molar-refractivity contribution >= 4 is 56.9 Å². The van der Waals surface area contributed by atoms with Crippen LogP contribution in [-0.2, 0) is 0 Å². The quantitative estimate of drug-likeness (QED) is 0.122. The van der Waals surface area contributed by atoms with Gasteiger partial charge in [-0.2, -0.15) is 0 Å². The molecule has 5 rings (SSSR count). The van der Waals surface area contributed by atoms with Crippen molar-refractivity contribution in [2.45, 2.75) is 20.8 Å². The van der Waals surface area contributed by atoms with Gasteiger partial charge >= 0.3 is 0 Å². The zero-order chi connectivity index (χ0) is 33.5.